The number of carboxylic acid groups (broad SMARTS) is 1. The Morgan fingerprint density at radius 3 is 2.16 bits per heavy atom. The molecule has 2 N–H and O–H groups in total. The van der Waals surface area contributed by atoms with Gasteiger partial charge in [-0.2, -0.15) is 0 Å². The van der Waals surface area contributed by atoms with Crippen LogP contribution in [0.2, 0.25) is 0 Å². The maximum Gasteiger partial charge on any atom is 0.320 e. The molecule has 0 atom stereocenters. The first kappa shape index (κ1) is 22.7. The zero-order valence-electron chi connectivity index (χ0n) is 20.1. The topological polar surface area (TPSA) is 114 Å². The van der Waals surface area contributed by atoms with Gasteiger partial charge in [0.25, 0.3) is 0 Å². The number of benzene rings is 3. The monoisotopic (exact) mass is 492 g/mol. The van der Waals surface area contributed by atoms with Crippen molar-refractivity contribution in [1.82, 2.24) is 15.4 Å². The van der Waals surface area contributed by atoms with Crippen molar-refractivity contribution in [2.45, 2.75) is 31.6 Å². The number of rotatable bonds is 8. The Balaban J connectivity index is 1.24. The van der Waals surface area contributed by atoms with Gasteiger partial charge in [-0.15, -0.1) is 5.10 Å². The largest absolute Gasteiger partial charge is 0.481 e. The standard InChI is InChI=1S/C29H24N4O4/c1-2-23-24(30-28-32-31-26(36-28)21-6-4-3-5-7-21)25(37-33-23)20-10-8-18(9-11-20)19-12-14-22(15-13-19)29(16-17-29)27(34)35/h3-15H,2,16-17H2,1H3,(H,30,32)(H,34,35). The Morgan fingerprint density at radius 1 is 0.892 bits per heavy atom. The van der Waals surface area contributed by atoms with Crippen molar-refractivity contribution in [3.8, 4) is 33.9 Å². The molecule has 2 heterocycles. The van der Waals surface area contributed by atoms with Gasteiger partial charge in [0.15, 0.2) is 5.76 Å². The average molecular weight is 493 g/mol. The van der Waals surface area contributed by atoms with Crippen LogP contribution in [0.1, 0.15) is 31.0 Å². The van der Waals surface area contributed by atoms with Crippen LogP contribution in [0.3, 0.4) is 0 Å². The fourth-order valence-corrected chi connectivity index (χ4v) is 4.52. The molecule has 0 amide bonds. The van der Waals surface area contributed by atoms with E-state index in [-0.39, 0.29) is 6.01 Å². The number of nitrogens with zero attached hydrogens (tertiary/aromatic N) is 3. The molecule has 5 aromatic rings. The van der Waals surface area contributed by atoms with Crippen LogP contribution in [0.25, 0.3) is 33.9 Å². The molecule has 0 unspecified atom stereocenters. The molecule has 184 valence electrons. The van der Waals surface area contributed by atoms with Gasteiger partial charge < -0.3 is 19.4 Å². The zero-order valence-corrected chi connectivity index (χ0v) is 20.1. The van der Waals surface area contributed by atoms with Crippen molar-refractivity contribution in [2.75, 3.05) is 5.32 Å². The van der Waals surface area contributed by atoms with Crippen molar-refractivity contribution in [2.24, 2.45) is 0 Å². The lowest BCUT2D eigenvalue weighted by molar-refractivity contribution is -0.140. The summed E-state index contributed by atoms with van der Waals surface area (Å²) in [5.41, 5.74) is 5.32. The van der Waals surface area contributed by atoms with Crippen molar-refractivity contribution in [3.63, 3.8) is 0 Å². The van der Waals surface area contributed by atoms with Crippen LogP contribution in [0.5, 0.6) is 0 Å². The van der Waals surface area contributed by atoms with Crippen LogP contribution in [-0.4, -0.2) is 26.4 Å². The predicted octanol–water partition coefficient (Wildman–Crippen LogP) is 6.48. The number of nitrogens with one attached hydrogen (secondary N) is 1. The van der Waals surface area contributed by atoms with Gasteiger partial charge in [-0.3, -0.25) is 4.79 Å². The molecule has 8 heteroatoms. The van der Waals surface area contributed by atoms with E-state index in [1.807, 2.05) is 85.8 Å². The lowest BCUT2D eigenvalue weighted by Crippen LogP contribution is -2.19. The summed E-state index contributed by atoms with van der Waals surface area (Å²) in [6.45, 7) is 2.00. The highest BCUT2D eigenvalue weighted by Crippen LogP contribution is 2.48. The summed E-state index contributed by atoms with van der Waals surface area (Å²) in [7, 11) is 0. The molecular weight excluding hydrogens is 468 g/mol. The summed E-state index contributed by atoms with van der Waals surface area (Å²) >= 11 is 0. The number of anilines is 2. The second-order valence-corrected chi connectivity index (χ2v) is 9.13. The summed E-state index contributed by atoms with van der Waals surface area (Å²) in [6, 6.07) is 25.6. The van der Waals surface area contributed by atoms with Gasteiger partial charge in [-0.25, -0.2) is 0 Å². The third kappa shape index (κ3) is 4.16. The van der Waals surface area contributed by atoms with Crippen LogP contribution in [0.4, 0.5) is 11.7 Å². The van der Waals surface area contributed by atoms with Crippen LogP contribution in [0, 0.1) is 0 Å². The van der Waals surface area contributed by atoms with Crippen LogP contribution >= 0.6 is 0 Å². The van der Waals surface area contributed by atoms with Crippen molar-refractivity contribution >= 4 is 17.7 Å². The van der Waals surface area contributed by atoms with E-state index >= 15 is 0 Å². The van der Waals surface area contributed by atoms with E-state index in [9.17, 15) is 9.90 Å². The Hall–Kier alpha value is -4.72. The first-order chi connectivity index (χ1) is 18.1. The smallest absolute Gasteiger partial charge is 0.320 e. The number of carbonyl (C=O) groups is 1. The highest BCUT2D eigenvalue weighted by Gasteiger charge is 2.51. The van der Waals surface area contributed by atoms with E-state index in [0.29, 0.717) is 36.6 Å². The average Bonchev–Trinajstić information content (AvgIpc) is 3.47. The molecular formula is C29H24N4O4. The second-order valence-electron chi connectivity index (χ2n) is 9.13. The minimum absolute atomic E-state index is 0.254. The SMILES string of the molecule is CCc1noc(-c2ccc(-c3ccc(C4(C(=O)O)CC4)cc3)cc2)c1Nc1nnc(-c2ccccc2)o1. The second kappa shape index (κ2) is 9.05. The molecule has 1 aliphatic rings. The first-order valence-corrected chi connectivity index (χ1v) is 12.2. The molecule has 8 nitrogen and oxygen atoms in total. The van der Waals surface area contributed by atoms with Crippen molar-refractivity contribution in [1.29, 1.82) is 0 Å². The van der Waals surface area contributed by atoms with Gasteiger partial charge in [-0.05, 0) is 48.1 Å². The summed E-state index contributed by atoms with van der Waals surface area (Å²) in [5, 5.41) is 25.2. The molecule has 0 bridgehead atoms. The molecule has 37 heavy (non-hydrogen) atoms. The highest BCUT2D eigenvalue weighted by molar-refractivity contribution is 5.85. The fraction of sp³-hybridized carbons (Fsp3) is 0.172. The number of hydrogen-bond acceptors (Lipinski definition) is 7. The van der Waals surface area contributed by atoms with E-state index < -0.39 is 11.4 Å². The summed E-state index contributed by atoms with van der Waals surface area (Å²) in [5.74, 6) is 0.255. The van der Waals surface area contributed by atoms with Crippen LogP contribution < -0.4 is 5.32 Å². The lowest BCUT2D eigenvalue weighted by atomic mass is 9.93. The predicted molar refractivity (Wildman–Crippen MR) is 138 cm³/mol. The molecule has 1 saturated carbocycles. The minimum atomic E-state index is -0.746. The zero-order chi connectivity index (χ0) is 25.4. The summed E-state index contributed by atoms with van der Waals surface area (Å²) in [6.07, 6.45) is 2.05. The molecule has 0 saturated heterocycles. The fourth-order valence-electron chi connectivity index (χ4n) is 4.52. The normalized spacial score (nSPS) is 13.9. The number of carboxylic acids is 1. The van der Waals surface area contributed by atoms with Crippen molar-refractivity contribution < 1.29 is 18.8 Å². The Morgan fingerprint density at radius 2 is 1.54 bits per heavy atom. The highest BCUT2D eigenvalue weighted by atomic mass is 16.5. The summed E-state index contributed by atoms with van der Waals surface area (Å²) in [4.78, 5) is 11.6. The molecule has 0 spiro atoms. The van der Waals surface area contributed by atoms with E-state index in [1.165, 1.54) is 0 Å². The van der Waals surface area contributed by atoms with E-state index in [2.05, 4.69) is 20.7 Å². The Bertz CT molecular complexity index is 1550. The molecule has 0 radical (unpaired) electrons. The first-order valence-electron chi connectivity index (χ1n) is 12.2. The molecule has 1 fully saturated rings. The van der Waals surface area contributed by atoms with Gasteiger partial charge in [-0.1, -0.05) is 83.9 Å². The molecule has 6 rings (SSSR count). The van der Waals surface area contributed by atoms with Gasteiger partial charge in [0, 0.05) is 11.1 Å². The quantitative estimate of drug-likeness (QED) is 0.253. The Labute approximate surface area is 213 Å². The van der Waals surface area contributed by atoms with Gasteiger partial charge in [0.1, 0.15) is 11.4 Å². The molecule has 0 aliphatic heterocycles. The minimum Gasteiger partial charge on any atom is -0.481 e. The number of hydrogen-bond donors (Lipinski definition) is 2. The number of aryl methyl sites for hydroxylation is 1. The van der Waals surface area contributed by atoms with E-state index in [4.69, 9.17) is 8.94 Å². The van der Waals surface area contributed by atoms with Gasteiger partial charge in [0.05, 0.1) is 5.41 Å². The maximum absolute atomic E-state index is 11.6. The Kier molecular flexibility index (Phi) is 5.56. The van der Waals surface area contributed by atoms with Crippen molar-refractivity contribution in [3.05, 3.63) is 90.1 Å². The van der Waals surface area contributed by atoms with Crippen LogP contribution in [0.15, 0.2) is 87.8 Å². The third-order valence-electron chi connectivity index (χ3n) is 6.85. The third-order valence-corrected chi connectivity index (χ3v) is 6.85. The van der Waals surface area contributed by atoms with Crippen LogP contribution in [-0.2, 0) is 16.6 Å². The maximum atomic E-state index is 11.6. The number of aliphatic carboxylic acids is 1. The van der Waals surface area contributed by atoms with Gasteiger partial charge >= 0.3 is 12.0 Å². The van der Waals surface area contributed by atoms with E-state index in [1.54, 1.807) is 0 Å². The number of aromatic nitrogens is 3. The molecule has 3 aromatic carbocycles. The molecule has 2 aromatic heterocycles. The molecule has 1 aliphatic carbocycles. The summed E-state index contributed by atoms with van der Waals surface area (Å²) < 4.78 is 11.5. The van der Waals surface area contributed by atoms with E-state index in [0.717, 1.165) is 33.5 Å². The van der Waals surface area contributed by atoms with Gasteiger partial charge in [0.2, 0.25) is 5.89 Å². The lowest BCUT2D eigenvalue weighted by Gasteiger charge is -2.11.